The van der Waals surface area contributed by atoms with E-state index in [1.807, 2.05) is 6.07 Å². The first kappa shape index (κ1) is 12.6. The molecule has 1 saturated carbocycles. The van der Waals surface area contributed by atoms with Crippen LogP contribution >= 0.6 is 0 Å². The van der Waals surface area contributed by atoms with Gasteiger partial charge in [-0.3, -0.25) is 0 Å². The van der Waals surface area contributed by atoms with Crippen molar-refractivity contribution >= 4 is 0 Å². The number of methoxy groups -OCH3 is 1. The van der Waals surface area contributed by atoms with E-state index in [4.69, 9.17) is 11.2 Å². The van der Waals surface area contributed by atoms with Crippen LogP contribution in [0.5, 0.6) is 5.75 Å². The van der Waals surface area contributed by atoms with Crippen molar-refractivity contribution in [3.8, 4) is 18.1 Å². The molecule has 2 aliphatic rings. The van der Waals surface area contributed by atoms with Crippen molar-refractivity contribution in [2.45, 2.75) is 44.1 Å². The van der Waals surface area contributed by atoms with Crippen LogP contribution in [0.1, 0.15) is 43.2 Å². The summed E-state index contributed by atoms with van der Waals surface area (Å²) in [6, 6.07) is 6.29. The minimum absolute atomic E-state index is 0.128. The van der Waals surface area contributed by atoms with Crippen LogP contribution in [0.4, 0.5) is 0 Å². The van der Waals surface area contributed by atoms with Gasteiger partial charge in [0.1, 0.15) is 11.4 Å². The van der Waals surface area contributed by atoms with Gasteiger partial charge < -0.3 is 9.84 Å². The van der Waals surface area contributed by atoms with Gasteiger partial charge in [0, 0.05) is 0 Å². The van der Waals surface area contributed by atoms with Crippen LogP contribution in [0.2, 0.25) is 0 Å². The molecule has 2 heteroatoms. The molecule has 1 aromatic rings. The summed E-state index contributed by atoms with van der Waals surface area (Å²) in [5.74, 6) is 3.88. The number of benzene rings is 1. The van der Waals surface area contributed by atoms with Crippen molar-refractivity contribution in [2.24, 2.45) is 5.41 Å². The normalized spacial score (nSPS) is 36.2. The number of fused-ring (bicyclic) bond motifs is 3. The topological polar surface area (TPSA) is 29.5 Å². The summed E-state index contributed by atoms with van der Waals surface area (Å²) in [5.41, 5.74) is 1.90. The number of ether oxygens (including phenoxy) is 1. The fraction of sp³-hybridized carbons (Fsp3) is 0.529. The lowest BCUT2D eigenvalue weighted by molar-refractivity contribution is 0.0932. The average Bonchev–Trinajstić information content (AvgIpc) is 2.70. The Bertz CT molecular complexity index is 557. The maximum atomic E-state index is 10.5. The Morgan fingerprint density at radius 3 is 2.95 bits per heavy atom. The predicted molar refractivity (Wildman–Crippen MR) is 75.2 cm³/mol. The highest BCUT2D eigenvalue weighted by atomic mass is 16.5. The van der Waals surface area contributed by atoms with E-state index < -0.39 is 5.60 Å². The smallest absolute Gasteiger partial charge is 0.126 e. The highest BCUT2D eigenvalue weighted by Crippen LogP contribution is 2.58. The van der Waals surface area contributed by atoms with Crippen molar-refractivity contribution in [3.63, 3.8) is 0 Å². The zero-order valence-electron chi connectivity index (χ0n) is 11.6. The summed E-state index contributed by atoms with van der Waals surface area (Å²) in [6.07, 6.45) is 9.05. The molecule has 0 unspecified atom stereocenters. The van der Waals surface area contributed by atoms with E-state index in [0.717, 1.165) is 18.6 Å². The Kier molecular flexibility index (Phi) is 2.66. The Labute approximate surface area is 114 Å². The Morgan fingerprint density at radius 2 is 2.26 bits per heavy atom. The summed E-state index contributed by atoms with van der Waals surface area (Å²) in [5, 5.41) is 10.5. The second-order valence-corrected chi connectivity index (χ2v) is 6.33. The number of rotatable bonds is 1. The third kappa shape index (κ3) is 1.84. The third-order valence-electron chi connectivity index (χ3n) is 5.04. The molecule has 0 bridgehead atoms. The zero-order chi connectivity index (χ0) is 13.7. The van der Waals surface area contributed by atoms with Crippen molar-refractivity contribution in [3.05, 3.63) is 29.3 Å². The van der Waals surface area contributed by atoms with E-state index in [1.54, 1.807) is 7.11 Å². The number of terminal acetylenes is 1. The number of hydrogen-bond acceptors (Lipinski definition) is 2. The van der Waals surface area contributed by atoms with E-state index in [2.05, 4.69) is 25.0 Å². The van der Waals surface area contributed by atoms with Crippen molar-refractivity contribution < 1.29 is 9.84 Å². The third-order valence-corrected chi connectivity index (χ3v) is 5.04. The highest BCUT2D eigenvalue weighted by Gasteiger charge is 2.52. The summed E-state index contributed by atoms with van der Waals surface area (Å²) in [7, 11) is 1.70. The lowest BCUT2D eigenvalue weighted by Crippen LogP contribution is -2.27. The Balaban J connectivity index is 2.04. The predicted octanol–water partition coefficient (Wildman–Crippen LogP) is 2.89. The van der Waals surface area contributed by atoms with Gasteiger partial charge in [0.05, 0.1) is 7.11 Å². The van der Waals surface area contributed by atoms with Gasteiger partial charge in [-0.25, -0.2) is 0 Å². The summed E-state index contributed by atoms with van der Waals surface area (Å²) >= 11 is 0. The van der Waals surface area contributed by atoms with E-state index >= 15 is 0 Å². The first-order chi connectivity index (χ1) is 9.00. The lowest BCUT2D eigenvalue weighted by atomic mass is 9.67. The molecule has 1 aromatic carbocycles. The van der Waals surface area contributed by atoms with Crippen LogP contribution in [0.3, 0.4) is 0 Å². The number of aliphatic hydroxyl groups is 1. The van der Waals surface area contributed by atoms with E-state index in [9.17, 15) is 5.11 Å². The molecular formula is C17H20O2. The first-order valence-corrected chi connectivity index (χ1v) is 6.87. The molecule has 100 valence electrons. The largest absolute Gasteiger partial charge is 0.497 e. The molecule has 2 aliphatic carbocycles. The van der Waals surface area contributed by atoms with Crippen LogP contribution in [0, 0.1) is 17.8 Å². The molecule has 1 N–H and O–H groups in total. The van der Waals surface area contributed by atoms with Crippen LogP contribution in [-0.2, 0) is 6.42 Å². The number of hydrogen-bond donors (Lipinski definition) is 1. The van der Waals surface area contributed by atoms with Gasteiger partial charge in [-0.1, -0.05) is 18.9 Å². The van der Waals surface area contributed by atoms with E-state index in [0.29, 0.717) is 18.8 Å². The minimum Gasteiger partial charge on any atom is -0.497 e. The molecule has 2 nitrogen and oxygen atoms in total. The van der Waals surface area contributed by atoms with Gasteiger partial charge in [-0.05, 0) is 60.3 Å². The maximum absolute atomic E-state index is 10.5. The van der Waals surface area contributed by atoms with Crippen LogP contribution < -0.4 is 4.74 Å². The second kappa shape index (κ2) is 4.02. The molecule has 3 atom stereocenters. The summed E-state index contributed by atoms with van der Waals surface area (Å²) in [6.45, 7) is 2.26. The molecule has 1 fully saturated rings. The number of aryl methyl sites for hydroxylation is 1. The van der Waals surface area contributed by atoms with Gasteiger partial charge in [0.15, 0.2) is 0 Å². The van der Waals surface area contributed by atoms with E-state index in [1.165, 1.54) is 11.1 Å². The monoisotopic (exact) mass is 256 g/mol. The van der Waals surface area contributed by atoms with E-state index in [-0.39, 0.29) is 5.41 Å². The average molecular weight is 256 g/mol. The molecule has 0 aliphatic heterocycles. The maximum Gasteiger partial charge on any atom is 0.126 e. The van der Waals surface area contributed by atoms with Crippen LogP contribution in [0.25, 0.3) is 0 Å². The second-order valence-electron chi connectivity index (χ2n) is 6.33. The van der Waals surface area contributed by atoms with Crippen LogP contribution in [0.15, 0.2) is 18.2 Å². The SMILES string of the molecule is C#C[C@@]1(O)C[C@@H]2c3ccc(OC)cc3CC[C@]2(C)C1. The fourth-order valence-electron chi connectivity index (χ4n) is 3.99. The molecule has 0 radical (unpaired) electrons. The van der Waals surface area contributed by atoms with Crippen LogP contribution in [-0.4, -0.2) is 17.8 Å². The zero-order valence-corrected chi connectivity index (χ0v) is 11.6. The van der Waals surface area contributed by atoms with Crippen molar-refractivity contribution in [1.82, 2.24) is 0 Å². The molecule has 0 spiro atoms. The molecule has 0 heterocycles. The van der Waals surface area contributed by atoms with Gasteiger partial charge in [0.2, 0.25) is 0 Å². The first-order valence-electron chi connectivity index (χ1n) is 6.87. The molecule has 0 aromatic heterocycles. The summed E-state index contributed by atoms with van der Waals surface area (Å²) in [4.78, 5) is 0. The Hall–Kier alpha value is -1.46. The highest BCUT2D eigenvalue weighted by molar-refractivity contribution is 5.43. The standard InChI is InChI=1S/C17H20O2/c1-4-17(18)10-15-14-6-5-13(19-3)9-12(14)7-8-16(15,2)11-17/h1,5-6,9,15,18H,7-8,10-11H2,2-3H3/t15-,16-,17-/m1/s1. The van der Waals surface area contributed by atoms with Gasteiger partial charge in [-0.15, -0.1) is 6.42 Å². The van der Waals surface area contributed by atoms with Gasteiger partial charge in [-0.2, -0.15) is 0 Å². The van der Waals surface area contributed by atoms with Gasteiger partial charge >= 0.3 is 0 Å². The minimum atomic E-state index is -0.930. The molecule has 19 heavy (non-hydrogen) atoms. The van der Waals surface area contributed by atoms with Crippen molar-refractivity contribution in [1.29, 1.82) is 0 Å². The molecule has 3 rings (SSSR count). The Morgan fingerprint density at radius 1 is 1.47 bits per heavy atom. The van der Waals surface area contributed by atoms with Crippen molar-refractivity contribution in [2.75, 3.05) is 7.11 Å². The quantitative estimate of drug-likeness (QED) is 0.783. The van der Waals surface area contributed by atoms with Gasteiger partial charge in [0.25, 0.3) is 0 Å². The molecular weight excluding hydrogens is 236 g/mol. The summed E-state index contributed by atoms with van der Waals surface area (Å²) < 4.78 is 5.30. The molecule has 0 saturated heterocycles. The lowest BCUT2D eigenvalue weighted by Gasteiger charge is -2.37. The molecule has 0 amide bonds. The fourth-order valence-corrected chi connectivity index (χ4v) is 3.99.